The summed E-state index contributed by atoms with van der Waals surface area (Å²) in [6.07, 6.45) is 0. The number of imidazole rings is 1. The number of H-pyrrole nitrogens is 1. The molecule has 0 unspecified atom stereocenters. The van der Waals surface area contributed by atoms with Crippen molar-refractivity contribution in [2.45, 2.75) is 6.92 Å². The van der Waals surface area contributed by atoms with Crippen LogP contribution in [-0.2, 0) is 0 Å². The first kappa shape index (κ1) is 11.2. The van der Waals surface area contributed by atoms with Crippen LogP contribution in [0.4, 0.5) is 4.39 Å². The van der Waals surface area contributed by atoms with Crippen LogP contribution in [0.25, 0.3) is 22.4 Å². The molecule has 0 amide bonds. The SMILES string of the molecule is Cc1c(Cl)cccc1-c1nc2c(F)cccc2[nH]1. The van der Waals surface area contributed by atoms with E-state index in [4.69, 9.17) is 11.6 Å². The van der Waals surface area contributed by atoms with E-state index in [1.807, 2.05) is 25.1 Å². The van der Waals surface area contributed by atoms with Crippen LogP contribution < -0.4 is 0 Å². The first-order valence-electron chi connectivity index (χ1n) is 5.56. The third-order valence-electron chi connectivity index (χ3n) is 2.99. The van der Waals surface area contributed by atoms with E-state index in [1.165, 1.54) is 6.07 Å². The predicted molar refractivity (Wildman–Crippen MR) is 71.2 cm³/mol. The van der Waals surface area contributed by atoms with Gasteiger partial charge in [-0.3, -0.25) is 0 Å². The second-order valence-corrected chi connectivity index (χ2v) is 4.54. The largest absolute Gasteiger partial charge is 0.338 e. The van der Waals surface area contributed by atoms with Crippen molar-refractivity contribution in [2.24, 2.45) is 0 Å². The summed E-state index contributed by atoms with van der Waals surface area (Å²) in [4.78, 5) is 7.41. The number of fused-ring (bicyclic) bond motifs is 1. The minimum Gasteiger partial charge on any atom is -0.338 e. The molecular weight excluding hydrogens is 251 g/mol. The summed E-state index contributed by atoms with van der Waals surface area (Å²) >= 11 is 6.08. The summed E-state index contributed by atoms with van der Waals surface area (Å²) in [6, 6.07) is 10.5. The molecular formula is C14H10ClFN2. The van der Waals surface area contributed by atoms with Gasteiger partial charge in [-0.25, -0.2) is 9.37 Å². The van der Waals surface area contributed by atoms with E-state index >= 15 is 0 Å². The van der Waals surface area contributed by atoms with E-state index < -0.39 is 0 Å². The fourth-order valence-electron chi connectivity index (χ4n) is 1.99. The minimum atomic E-state index is -0.324. The van der Waals surface area contributed by atoms with Crippen LogP contribution in [0.1, 0.15) is 5.56 Å². The van der Waals surface area contributed by atoms with Gasteiger partial charge in [0.25, 0.3) is 0 Å². The fraction of sp³-hybridized carbons (Fsp3) is 0.0714. The van der Waals surface area contributed by atoms with Crippen LogP contribution >= 0.6 is 11.6 Å². The van der Waals surface area contributed by atoms with Crippen LogP contribution in [0.15, 0.2) is 36.4 Å². The first-order valence-corrected chi connectivity index (χ1v) is 5.94. The molecule has 0 saturated carbocycles. The Balaban J connectivity index is 2.26. The summed E-state index contributed by atoms with van der Waals surface area (Å²) < 4.78 is 13.6. The van der Waals surface area contributed by atoms with Gasteiger partial charge in [-0.05, 0) is 30.7 Å². The molecule has 3 aromatic rings. The third-order valence-corrected chi connectivity index (χ3v) is 3.40. The standard InChI is InChI=1S/C14H10ClFN2/c1-8-9(4-2-5-10(8)15)14-17-12-7-3-6-11(16)13(12)18-14/h2-7H,1H3,(H,17,18). The molecule has 0 atom stereocenters. The Morgan fingerprint density at radius 1 is 1.17 bits per heavy atom. The second kappa shape index (κ2) is 4.10. The minimum absolute atomic E-state index is 0.324. The Labute approximate surface area is 108 Å². The number of halogens is 2. The summed E-state index contributed by atoms with van der Waals surface area (Å²) in [5.41, 5.74) is 2.85. The van der Waals surface area contributed by atoms with Gasteiger partial charge in [0.1, 0.15) is 11.3 Å². The molecule has 18 heavy (non-hydrogen) atoms. The van der Waals surface area contributed by atoms with Crippen molar-refractivity contribution < 1.29 is 4.39 Å². The lowest BCUT2D eigenvalue weighted by Crippen LogP contribution is -1.86. The Kier molecular flexibility index (Phi) is 2.56. The highest BCUT2D eigenvalue weighted by molar-refractivity contribution is 6.31. The number of aromatic amines is 1. The summed E-state index contributed by atoms with van der Waals surface area (Å²) in [5.74, 6) is 0.310. The molecule has 3 rings (SSSR count). The van der Waals surface area contributed by atoms with Crippen molar-refractivity contribution in [3.8, 4) is 11.4 Å². The van der Waals surface area contributed by atoms with E-state index in [0.29, 0.717) is 21.9 Å². The van der Waals surface area contributed by atoms with Crippen LogP contribution in [0.2, 0.25) is 5.02 Å². The molecule has 1 N–H and O–H groups in total. The zero-order valence-electron chi connectivity index (χ0n) is 9.67. The number of nitrogens with one attached hydrogen (secondary N) is 1. The maximum Gasteiger partial charge on any atom is 0.151 e. The van der Waals surface area contributed by atoms with Gasteiger partial charge in [0, 0.05) is 10.6 Å². The molecule has 0 aliphatic rings. The highest BCUT2D eigenvalue weighted by Crippen LogP contribution is 2.28. The number of hydrogen-bond acceptors (Lipinski definition) is 1. The smallest absolute Gasteiger partial charge is 0.151 e. The van der Waals surface area contributed by atoms with Crippen molar-refractivity contribution in [3.05, 3.63) is 52.8 Å². The number of rotatable bonds is 1. The average Bonchev–Trinajstić information content (AvgIpc) is 2.78. The monoisotopic (exact) mass is 260 g/mol. The molecule has 4 heteroatoms. The van der Waals surface area contributed by atoms with E-state index in [-0.39, 0.29) is 5.82 Å². The van der Waals surface area contributed by atoms with Crippen molar-refractivity contribution in [3.63, 3.8) is 0 Å². The zero-order valence-corrected chi connectivity index (χ0v) is 10.4. The van der Waals surface area contributed by atoms with E-state index in [9.17, 15) is 4.39 Å². The van der Waals surface area contributed by atoms with Gasteiger partial charge in [0.05, 0.1) is 5.52 Å². The predicted octanol–water partition coefficient (Wildman–Crippen LogP) is 4.33. The van der Waals surface area contributed by atoms with Gasteiger partial charge in [-0.1, -0.05) is 29.8 Å². The summed E-state index contributed by atoms with van der Waals surface area (Å²) in [7, 11) is 0. The highest BCUT2D eigenvalue weighted by Gasteiger charge is 2.11. The van der Waals surface area contributed by atoms with Gasteiger partial charge in [0.2, 0.25) is 0 Å². The molecule has 1 heterocycles. The second-order valence-electron chi connectivity index (χ2n) is 4.13. The van der Waals surface area contributed by atoms with Gasteiger partial charge in [0.15, 0.2) is 5.82 Å². The Morgan fingerprint density at radius 3 is 2.72 bits per heavy atom. The molecule has 0 aliphatic carbocycles. The van der Waals surface area contributed by atoms with E-state index in [1.54, 1.807) is 12.1 Å². The topological polar surface area (TPSA) is 28.7 Å². The van der Waals surface area contributed by atoms with Crippen LogP contribution in [0, 0.1) is 12.7 Å². The molecule has 90 valence electrons. The zero-order chi connectivity index (χ0) is 12.7. The molecule has 0 aliphatic heterocycles. The molecule has 0 bridgehead atoms. The van der Waals surface area contributed by atoms with E-state index in [2.05, 4.69) is 9.97 Å². The number of hydrogen-bond donors (Lipinski definition) is 1. The van der Waals surface area contributed by atoms with Gasteiger partial charge in [-0.2, -0.15) is 0 Å². The maximum atomic E-state index is 13.6. The van der Waals surface area contributed by atoms with E-state index in [0.717, 1.165) is 11.1 Å². The lowest BCUT2D eigenvalue weighted by Gasteiger charge is -2.03. The van der Waals surface area contributed by atoms with Crippen LogP contribution in [0.3, 0.4) is 0 Å². The molecule has 0 spiro atoms. The molecule has 0 radical (unpaired) electrons. The van der Waals surface area contributed by atoms with Gasteiger partial charge >= 0.3 is 0 Å². The van der Waals surface area contributed by atoms with Crippen molar-refractivity contribution in [1.82, 2.24) is 9.97 Å². The van der Waals surface area contributed by atoms with Crippen molar-refractivity contribution >= 4 is 22.6 Å². The number of benzene rings is 2. The summed E-state index contributed by atoms with van der Waals surface area (Å²) in [6.45, 7) is 1.92. The average molecular weight is 261 g/mol. The summed E-state index contributed by atoms with van der Waals surface area (Å²) in [5, 5.41) is 0.674. The normalized spacial score (nSPS) is 11.1. The highest BCUT2D eigenvalue weighted by atomic mass is 35.5. The molecule has 0 saturated heterocycles. The lowest BCUT2D eigenvalue weighted by molar-refractivity contribution is 0.637. The van der Waals surface area contributed by atoms with Gasteiger partial charge < -0.3 is 4.98 Å². The lowest BCUT2D eigenvalue weighted by atomic mass is 10.1. The molecule has 0 fully saturated rings. The van der Waals surface area contributed by atoms with Crippen molar-refractivity contribution in [2.75, 3.05) is 0 Å². The quantitative estimate of drug-likeness (QED) is 0.693. The molecule has 2 aromatic carbocycles. The van der Waals surface area contributed by atoms with Crippen LogP contribution in [-0.4, -0.2) is 9.97 Å². The number of para-hydroxylation sites is 1. The maximum absolute atomic E-state index is 13.6. The fourth-order valence-corrected chi connectivity index (χ4v) is 2.16. The Bertz CT molecular complexity index is 734. The van der Waals surface area contributed by atoms with Crippen LogP contribution in [0.5, 0.6) is 0 Å². The Hall–Kier alpha value is -1.87. The van der Waals surface area contributed by atoms with Gasteiger partial charge in [-0.15, -0.1) is 0 Å². The molecule has 2 nitrogen and oxygen atoms in total. The Morgan fingerprint density at radius 2 is 1.94 bits per heavy atom. The first-order chi connectivity index (χ1) is 8.66. The third kappa shape index (κ3) is 1.68. The number of nitrogens with zero attached hydrogens (tertiary/aromatic N) is 1. The molecule has 1 aromatic heterocycles. The number of aromatic nitrogens is 2. The van der Waals surface area contributed by atoms with Crippen molar-refractivity contribution in [1.29, 1.82) is 0 Å².